The Bertz CT molecular complexity index is 399. The van der Waals surface area contributed by atoms with Crippen LogP contribution in [-0.4, -0.2) is 13.2 Å². The molecule has 2 aromatic rings. The van der Waals surface area contributed by atoms with Crippen LogP contribution in [0.2, 0.25) is 0 Å². The molecule has 0 spiro atoms. The summed E-state index contributed by atoms with van der Waals surface area (Å²) < 4.78 is 5.60. The number of ether oxygens (including phenoxy) is 1. The van der Waals surface area contributed by atoms with Gasteiger partial charge in [0.1, 0.15) is 0 Å². The van der Waals surface area contributed by atoms with Crippen LogP contribution in [0.5, 0.6) is 0 Å². The highest BCUT2D eigenvalue weighted by atomic mass is 32.1. The Morgan fingerprint density at radius 3 is 2.76 bits per heavy atom. The molecule has 1 aromatic carbocycles. The van der Waals surface area contributed by atoms with E-state index in [1.54, 1.807) is 11.3 Å². The lowest BCUT2D eigenvalue weighted by Crippen LogP contribution is -2.05. The normalized spacial score (nSPS) is 10.4. The zero-order chi connectivity index (χ0) is 11.8. The Labute approximate surface area is 106 Å². The predicted octanol–water partition coefficient (Wildman–Crippen LogP) is 3.77. The van der Waals surface area contributed by atoms with E-state index in [2.05, 4.69) is 34.3 Å². The lowest BCUT2D eigenvalue weighted by atomic mass is 10.2. The van der Waals surface area contributed by atoms with Crippen LogP contribution in [0.1, 0.15) is 12.0 Å². The molecule has 0 aliphatic carbocycles. The van der Waals surface area contributed by atoms with Crippen molar-refractivity contribution in [2.45, 2.75) is 13.0 Å². The molecule has 2 nitrogen and oxygen atoms in total. The number of anilines is 1. The molecule has 0 bridgehead atoms. The van der Waals surface area contributed by atoms with Crippen LogP contribution < -0.4 is 5.32 Å². The molecule has 0 fully saturated rings. The summed E-state index contributed by atoms with van der Waals surface area (Å²) in [5, 5.41) is 7.55. The fraction of sp³-hybridized carbons (Fsp3) is 0.286. The molecule has 1 aromatic heterocycles. The van der Waals surface area contributed by atoms with E-state index < -0.39 is 0 Å². The maximum absolute atomic E-state index is 5.60. The second-order valence-corrected chi connectivity index (χ2v) is 4.61. The van der Waals surface area contributed by atoms with Gasteiger partial charge < -0.3 is 10.1 Å². The molecule has 17 heavy (non-hydrogen) atoms. The van der Waals surface area contributed by atoms with E-state index in [-0.39, 0.29) is 0 Å². The molecule has 0 saturated carbocycles. The molecule has 0 aliphatic rings. The van der Waals surface area contributed by atoms with Gasteiger partial charge in [-0.1, -0.05) is 30.3 Å². The largest absolute Gasteiger partial charge is 0.384 e. The monoisotopic (exact) mass is 247 g/mol. The number of thiophene rings is 1. The standard InChI is InChI=1S/C14H17NOS/c1-2-5-13(6-3-1)11-16-9-4-8-15-14-7-10-17-12-14/h1-3,5-7,10,12,15H,4,8-9,11H2. The third-order valence-corrected chi connectivity index (χ3v) is 3.11. The minimum absolute atomic E-state index is 0.708. The lowest BCUT2D eigenvalue weighted by molar-refractivity contribution is 0.120. The van der Waals surface area contributed by atoms with E-state index >= 15 is 0 Å². The SMILES string of the molecule is c1ccc(COCCCNc2ccsc2)cc1. The van der Waals surface area contributed by atoms with Crippen molar-refractivity contribution in [3.8, 4) is 0 Å². The van der Waals surface area contributed by atoms with E-state index in [0.29, 0.717) is 6.61 Å². The van der Waals surface area contributed by atoms with Gasteiger partial charge in [-0.3, -0.25) is 0 Å². The van der Waals surface area contributed by atoms with Crippen molar-refractivity contribution in [1.82, 2.24) is 0 Å². The summed E-state index contributed by atoms with van der Waals surface area (Å²) in [6, 6.07) is 12.4. The first-order chi connectivity index (χ1) is 8.45. The van der Waals surface area contributed by atoms with Crippen molar-refractivity contribution >= 4 is 17.0 Å². The van der Waals surface area contributed by atoms with Gasteiger partial charge in [0, 0.05) is 24.2 Å². The Morgan fingerprint density at radius 1 is 1.12 bits per heavy atom. The smallest absolute Gasteiger partial charge is 0.0716 e. The molecule has 0 aliphatic heterocycles. The van der Waals surface area contributed by atoms with Crippen LogP contribution in [0.15, 0.2) is 47.2 Å². The number of hydrogen-bond donors (Lipinski definition) is 1. The van der Waals surface area contributed by atoms with Crippen LogP contribution in [0, 0.1) is 0 Å². The molecule has 90 valence electrons. The van der Waals surface area contributed by atoms with Crippen molar-refractivity contribution in [1.29, 1.82) is 0 Å². The van der Waals surface area contributed by atoms with Crippen molar-refractivity contribution in [2.24, 2.45) is 0 Å². The molecule has 0 radical (unpaired) electrons. The summed E-state index contributed by atoms with van der Waals surface area (Å²) in [5.74, 6) is 0. The summed E-state index contributed by atoms with van der Waals surface area (Å²) >= 11 is 1.71. The maximum Gasteiger partial charge on any atom is 0.0716 e. The van der Waals surface area contributed by atoms with E-state index in [9.17, 15) is 0 Å². The van der Waals surface area contributed by atoms with Gasteiger partial charge in [-0.2, -0.15) is 11.3 Å². The molecule has 0 atom stereocenters. The zero-order valence-corrected chi connectivity index (χ0v) is 10.6. The fourth-order valence-corrected chi connectivity index (χ4v) is 2.15. The van der Waals surface area contributed by atoms with Crippen LogP contribution in [-0.2, 0) is 11.3 Å². The minimum Gasteiger partial charge on any atom is -0.384 e. The van der Waals surface area contributed by atoms with Gasteiger partial charge in [-0.15, -0.1) is 0 Å². The Balaban J connectivity index is 1.52. The number of hydrogen-bond acceptors (Lipinski definition) is 3. The Morgan fingerprint density at radius 2 is 2.00 bits per heavy atom. The van der Waals surface area contributed by atoms with Crippen molar-refractivity contribution in [2.75, 3.05) is 18.5 Å². The zero-order valence-electron chi connectivity index (χ0n) is 9.76. The molecule has 1 N–H and O–H groups in total. The third-order valence-electron chi connectivity index (χ3n) is 2.43. The van der Waals surface area contributed by atoms with Gasteiger partial charge in [-0.25, -0.2) is 0 Å². The highest BCUT2D eigenvalue weighted by Crippen LogP contribution is 2.11. The van der Waals surface area contributed by atoms with E-state index in [0.717, 1.165) is 19.6 Å². The maximum atomic E-state index is 5.60. The van der Waals surface area contributed by atoms with E-state index in [1.807, 2.05) is 18.2 Å². The van der Waals surface area contributed by atoms with Gasteiger partial charge >= 0.3 is 0 Å². The predicted molar refractivity (Wildman–Crippen MR) is 73.5 cm³/mol. The van der Waals surface area contributed by atoms with Crippen LogP contribution in [0.3, 0.4) is 0 Å². The van der Waals surface area contributed by atoms with Crippen LogP contribution in [0.4, 0.5) is 5.69 Å². The summed E-state index contributed by atoms with van der Waals surface area (Å²) in [6.07, 6.45) is 1.03. The molecular formula is C14H17NOS. The number of nitrogens with one attached hydrogen (secondary N) is 1. The van der Waals surface area contributed by atoms with Gasteiger partial charge in [0.05, 0.1) is 6.61 Å². The van der Waals surface area contributed by atoms with Crippen molar-refractivity contribution in [3.05, 3.63) is 52.7 Å². The van der Waals surface area contributed by atoms with Gasteiger partial charge in [0.15, 0.2) is 0 Å². The first-order valence-electron chi connectivity index (χ1n) is 5.83. The molecule has 0 saturated heterocycles. The molecule has 0 unspecified atom stereocenters. The average molecular weight is 247 g/mol. The number of benzene rings is 1. The lowest BCUT2D eigenvalue weighted by Gasteiger charge is -2.05. The number of rotatable bonds is 7. The average Bonchev–Trinajstić information content (AvgIpc) is 2.88. The van der Waals surface area contributed by atoms with Gasteiger partial charge in [0.25, 0.3) is 0 Å². The van der Waals surface area contributed by atoms with E-state index in [4.69, 9.17) is 4.74 Å². The fourth-order valence-electron chi connectivity index (χ4n) is 1.54. The highest BCUT2D eigenvalue weighted by Gasteiger charge is 1.93. The van der Waals surface area contributed by atoms with E-state index in [1.165, 1.54) is 11.3 Å². The summed E-state index contributed by atoms with van der Waals surface area (Å²) in [7, 11) is 0. The van der Waals surface area contributed by atoms with Crippen molar-refractivity contribution in [3.63, 3.8) is 0 Å². The first kappa shape index (κ1) is 12.1. The second-order valence-electron chi connectivity index (χ2n) is 3.83. The third kappa shape index (κ3) is 4.59. The van der Waals surface area contributed by atoms with Gasteiger partial charge in [0.2, 0.25) is 0 Å². The summed E-state index contributed by atoms with van der Waals surface area (Å²) in [6.45, 7) is 2.47. The molecule has 2 rings (SSSR count). The van der Waals surface area contributed by atoms with Crippen molar-refractivity contribution < 1.29 is 4.74 Å². The summed E-state index contributed by atoms with van der Waals surface area (Å²) in [4.78, 5) is 0. The minimum atomic E-state index is 0.708. The second kappa shape index (κ2) is 7.09. The Hall–Kier alpha value is -1.32. The summed E-state index contributed by atoms with van der Waals surface area (Å²) in [5.41, 5.74) is 2.44. The van der Waals surface area contributed by atoms with Gasteiger partial charge in [-0.05, 0) is 23.4 Å². The quantitative estimate of drug-likeness (QED) is 0.752. The highest BCUT2D eigenvalue weighted by molar-refractivity contribution is 7.08. The molecule has 1 heterocycles. The first-order valence-corrected chi connectivity index (χ1v) is 6.77. The Kier molecular flexibility index (Phi) is 5.07. The van der Waals surface area contributed by atoms with Crippen LogP contribution >= 0.6 is 11.3 Å². The molecule has 3 heteroatoms. The topological polar surface area (TPSA) is 21.3 Å². The van der Waals surface area contributed by atoms with Crippen LogP contribution in [0.25, 0.3) is 0 Å². The molecular weight excluding hydrogens is 230 g/mol. The molecule has 0 amide bonds.